The van der Waals surface area contributed by atoms with Crippen LogP contribution in [-0.2, 0) is 27.4 Å². The van der Waals surface area contributed by atoms with E-state index < -0.39 is 47.7 Å². The summed E-state index contributed by atoms with van der Waals surface area (Å²) in [5.74, 6) is -6.51. The van der Waals surface area contributed by atoms with Crippen LogP contribution < -0.4 is 11.0 Å². The maximum Gasteiger partial charge on any atom is 0.329 e. The maximum atomic E-state index is 13.7. The second-order valence-corrected chi connectivity index (χ2v) is 6.85. The SMILES string of the molecule is CCCn1c(=O)n(CC(=O)OC(C)C(=O)Nc2ccc(F)c(F)c2F)c2ccccc21. The Morgan fingerprint density at radius 1 is 1.03 bits per heavy atom. The largest absolute Gasteiger partial charge is 0.451 e. The van der Waals surface area contributed by atoms with Gasteiger partial charge in [0.15, 0.2) is 23.6 Å². The van der Waals surface area contributed by atoms with E-state index in [-0.39, 0.29) is 5.69 Å². The van der Waals surface area contributed by atoms with Gasteiger partial charge in [0.05, 0.1) is 16.7 Å². The normalized spacial score (nSPS) is 12.0. The summed E-state index contributed by atoms with van der Waals surface area (Å²) in [5, 5.41) is 2.04. The number of fused-ring (bicyclic) bond motifs is 1. The van der Waals surface area contributed by atoms with Gasteiger partial charge in [0.1, 0.15) is 6.54 Å². The van der Waals surface area contributed by atoms with Crippen LogP contribution in [0.3, 0.4) is 0 Å². The lowest BCUT2D eigenvalue weighted by molar-refractivity contribution is -0.153. The predicted molar refractivity (Wildman–Crippen MR) is 107 cm³/mol. The molecule has 0 radical (unpaired) electrons. The van der Waals surface area contributed by atoms with Crippen molar-refractivity contribution in [2.45, 2.75) is 39.5 Å². The zero-order valence-electron chi connectivity index (χ0n) is 16.8. The maximum absolute atomic E-state index is 13.7. The van der Waals surface area contributed by atoms with Gasteiger partial charge in [0, 0.05) is 6.54 Å². The zero-order valence-corrected chi connectivity index (χ0v) is 16.8. The van der Waals surface area contributed by atoms with Gasteiger partial charge in [-0.3, -0.25) is 18.7 Å². The third kappa shape index (κ3) is 4.47. The fourth-order valence-corrected chi connectivity index (χ4v) is 3.14. The third-order valence-electron chi connectivity index (χ3n) is 4.63. The number of halogens is 3. The van der Waals surface area contributed by atoms with Crippen molar-refractivity contribution < 1.29 is 27.5 Å². The molecule has 0 aliphatic rings. The van der Waals surface area contributed by atoms with Crippen LogP contribution in [0.25, 0.3) is 11.0 Å². The number of aryl methyl sites for hydroxylation is 1. The number of imidazole rings is 1. The molecule has 0 aliphatic heterocycles. The number of benzene rings is 2. The third-order valence-corrected chi connectivity index (χ3v) is 4.63. The number of nitrogens with zero attached hydrogens (tertiary/aromatic N) is 2. The first-order valence-corrected chi connectivity index (χ1v) is 9.56. The smallest absolute Gasteiger partial charge is 0.329 e. The molecule has 1 aromatic heterocycles. The molecule has 1 unspecified atom stereocenters. The molecular weight excluding hydrogens is 415 g/mol. The summed E-state index contributed by atoms with van der Waals surface area (Å²) in [5.41, 5.74) is 0.229. The Bertz CT molecular complexity index is 1200. The van der Waals surface area contributed by atoms with Crippen LogP contribution in [0.2, 0.25) is 0 Å². The number of nitrogens with one attached hydrogen (secondary N) is 1. The predicted octanol–water partition coefficient (Wildman–Crippen LogP) is 3.20. The first kappa shape index (κ1) is 22.1. The van der Waals surface area contributed by atoms with E-state index in [0.29, 0.717) is 23.6 Å². The Kier molecular flexibility index (Phi) is 6.47. The number of carbonyl (C=O) groups excluding carboxylic acids is 2. The molecule has 1 amide bonds. The lowest BCUT2D eigenvalue weighted by Gasteiger charge is -2.14. The summed E-state index contributed by atoms with van der Waals surface area (Å²) < 4.78 is 47.8. The van der Waals surface area contributed by atoms with Crippen molar-refractivity contribution in [3.8, 4) is 0 Å². The average molecular weight is 435 g/mol. The molecule has 2 aromatic carbocycles. The molecule has 0 saturated carbocycles. The molecule has 7 nitrogen and oxygen atoms in total. The van der Waals surface area contributed by atoms with Crippen molar-refractivity contribution in [1.82, 2.24) is 9.13 Å². The Morgan fingerprint density at radius 3 is 2.32 bits per heavy atom. The van der Waals surface area contributed by atoms with Gasteiger partial charge in [-0.15, -0.1) is 0 Å². The second-order valence-electron chi connectivity index (χ2n) is 6.85. The molecule has 1 heterocycles. The monoisotopic (exact) mass is 435 g/mol. The van der Waals surface area contributed by atoms with Gasteiger partial charge in [-0.1, -0.05) is 19.1 Å². The highest BCUT2D eigenvalue weighted by Crippen LogP contribution is 2.20. The van der Waals surface area contributed by atoms with Crippen molar-refractivity contribution in [2.24, 2.45) is 0 Å². The molecule has 164 valence electrons. The first-order valence-electron chi connectivity index (χ1n) is 9.56. The molecule has 10 heteroatoms. The van der Waals surface area contributed by atoms with Gasteiger partial charge in [0.2, 0.25) is 0 Å². The van der Waals surface area contributed by atoms with Gasteiger partial charge >= 0.3 is 11.7 Å². The number of aromatic nitrogens is 2. The van der Waals surface area contributed by atoms with Crippen molar-refractivity contribution in [2.75, 3.05) is 5.32 Å². The molecule has 0 saturated heterocycles. The molecule has 0 spiro atoms. The highest BCUT2D eigenvalue weighted by Gasteiger charge is 2.23. The van der Waals surface area contributed by atoms with Gasteiger partial charge in [-0.2, -0.15) is 0 Å². The number of amides is 1. The molecule has 0 fully saturated rings. The van der Waals surface area contributed by atoms with Crippen LogP contribution >= 0.6 is 0 Å². The van der Waals surface area contributed by atoms with Gasteiger partial charge in [-0.25, -0.2) is 18.0 Å². The molecule has 0 bridgehead atoms. The minimum Gasteiger partial charge on any atom is -0.451 e. The molecule has 0 aliphatic carbocycles. The molecule has 3 aromatic rings. The van der Waals surface area contributed by atoms with Crippen molar-refractivity contribution in [3.05, 3.63) is 64.3 Å². The molecule has 31 heavy (non-hydrogen) atoms. The number of ether oxygens (including phenoxy) is 1. The summed E-state index contributed by atoms with van der Waals surface area (Å²) in [6.07, 6.45) is -0.657. The zero-order chi connectivity index (χ0) is 22.7. The molecule has 1 N–H and O–H groups in total. The lowest BCUT2D eigenvalue weighted by atomic mass is 10.2. The van der Waals surface area contributed by atoms with E-state index in [1.165, 1.54) is 11.5 Å². The Balaban J connectivity index is 1.73. The highest BCUT2D eigenvalue weighted by atomic mass is 19.2. The number of rotatable bonds is 7. The fourth-order valence-electron chi connectivity index (χ4n) is 3.14. The molecule has 1 atom stereocenters. The van der Waals surface area contributed by atoms with Crippen molar-refractivity contribution in [1.29, 1.82) is 0 Å². The van der Waals surface area contributed by atoms with Crippen LogP contribution in [0.1, 0.15) is 20.3 Å². The quantitative estimate of drug-likeness (QED) is 0.457. The van der Waals surface area contributed by atoms with E-state index in [4.69, 9.17) is 4.74 Å². The van der Waals surface area contributed by atoms with Gasteiger partial charge in [0.25, 0.3) is 5.91 Å². The van der Waals surface area contributed by atoms with E-state index in [1.807, 2.05) is 12.2 Å². The van der Waals surface area contributed by atoms with E-state index in [1.54, 1.807) is 28.8 Å². The van der Waals surface area contributed by atoms with Crippen LogP contribution in [0.4, 0.5) is 18.9 Å². The van der Waals surface area contributed by atoms with Gasteiger partial charge < -0.3 is 10.1 Å². The van der Waals surface area contributed by atoms with Crippen LogP contribution in [0, 0.1) is 17.5 Å². The lowest BCUT2D eigenvalue weighted by Crippen LogP contribution is -2.33. The average Bonchev–Trinajstić information content (AvgIpc) is 3.00. The summed E-state index contributed by atoms with van der Waals surface area (Å²) in [7, 11) is 0. The van der Waals surface area contributed by atoms with Crippen molar-refractivity contribution in [3.63, 3.8) is 0 Å². The number of carbonyl (C=O) groups is 2. The summed E-state index contributed by atoms with van der Waals surface area (Å²) in [4.78, 5) is 37.2. The van der Waals surface area contributed by atoms with Crippen LogP contribution in [-0.4, -0.2) is 27.1 Å². The summed E-state index contributed by atoms with van der Waals surface area (Å²) >= 11 is 0. The highest BCUT2D eigenvalue weighted by molar-refractivity contribution is 5.95. The Morgan fingerprint density at radius 2 is 1.68 bits per heavy atom. The standard InChI is InChI=1S/C21H20F3N3O4/c1-3-10-26-15-6-4-5-7-16(15)27(21(26)30)11-17(28)31-12(2)20(29)25-14-9-8-13(22)18(23)19(14)24/h4-9,12H,3,10-11H2,1-2H3,(H,25,29). The van der Waals surface area contributed by atoms with Crippen LogP contribution in [0.5, 0.6) is 0 Å². The van der Waals surface area contributed by atoms with E-state index in [0.717, 1.165) is 12.5 Å². The molecule has 3 rings (SSSR count). The number of hydrogen-bond acceptors (Lipinski definition) is 4. The van der Waals surface area contributed by atoms with Gasteiger partial charge in [-0.05, 0) is 37.6 Å². The number of hydrogen-bond donors (Lipinski definition) is 1. The Hall–Kier alpha value is -3.56. The minimum absolute atomic E-state index is 0.388. The minimum atomic E-state index is -1.73. The first-order chi connectivity index (χ1) is 14.7. The number of anilines is 1. The fraction of sp³-hybridized carbons (Fsp3) is 0.286. The summed E-state index contributed by atoms with van der Waals surface area (Å²) in [6.45, 7) is 3.18. The Labute approximate surface area is 175 Å². The number of para-hydroxylation sites is 2. The van der Waals surface area contributed by atoms with Crippen molar-refractivity contribution >= 4 is 28.6 Å². The van der Waals surface area contributed by atoms with Crippen LogP contribution in [0.15, 0.2) is 41.2 Å². The van der Waals surface area contributed by atoms with E-state index in [9.17, 15) is 27.6 Å². The number of esters is 1. The summed E-state index contributed by atoms with van der Waals surface area (Å²) in [6, 6.07) is 8.47. The molecular formula is C21H20F3N3O4. The van der Waals surface area contributed by atoms with E-state index >= 15 is 0 Å². The second kappa shape index (κ2) is 9.07. The van der Waals surface area contributed by atoms with E-state index in [2.05, 4.69) is 0 Å². The topological polar surface area (TPSA) is 82.3 Å².